The molecule has 1 aromatic rings. The second-order valence-electron chi connectivity index (χ2n) is 5.25. The van der Waals surface area contributed by atoms with Crippen molar-refractivity contribution in [1.29, 1.82) is 5.26 Å². The van der Waals surface area contributed by atoms with Crippen LogP contribution in [-0.4, -0.2) is 42.9 Å². The van der Waals surface area contributed by atoms with Crippen molar-refractivity contribution < 1.29 is 4.79 Å². The van der Waals surface area contributed by atoms with Gasteiger partial charge in [-0.15, -0.1) is 0 Å². The molecule has 0 saturated heterocycles. The summed E-state index contributed by atoms with van der Waals surface area (Å²) in [5.41, 5.74) is 2.95. The summed E-state index contributed by atoms with van der Waals surface area (Å²) < 4.78 is 0. The fraction of sp³-hybridized carbons (Fsp3) is 0.500. The molecule has 0 saturated carbocycles. The van der Waals surface area contributed by atoms with E-state index in [1.165, 1.54) is 5.56 Å². The van der Waals surface area contributed by atoms with Gasteiger partial charge in [0.05, 0.1) is 18.2 Å². The summed E-state index contributed by atoms with van der Waals surface area (Å²) in [4.78, 5) is 15.6. The minimum absolute atomic E-state index is 0.116. The van der Waals surface area contributed by atoms with Crippen LogP contribution in [0, 0.1) is 18.3 Å². The maximum atomic E-state index is 11.8. The number of amides is 1. The summed E-state index contributed by atoms with van der Waals surface area (Å²) in [5, 5.41) is 8.89. The molecule has 0 atom stereocenters. The molecule has 0 spiro atoms. The molecule has 0 heterocycles. The molecule has 0 fully saturated rings. The molecule has 4 heteroatoms. The van der Waals surface area contributed by atoms with Crippen LogP contribution >= 0.6 is 0 Å². The van der Waals surface area contributed by atoms with Crippen molar-refractivity contribution >= 4 is 5.91 Å². The number of rotatable bonds is 6. The Morgan fingerprint density at radius 2 is 2.05 bits per heavy atom. The molecule has 1 amide bonds. The number of benzene rings is 1. The van der Waals surface area contributed by atoms with Crippen LogP contribution < -0.4 is 0 Å². The van der Waals surface area contributed by atoms with E-state index in [1.54, 1.807) is 19.0 Å². The predicted octanol–water partition coefficient (Wildman–Crippen LogP) is 2.17. The van der Waals surface area contributed by atoms with Gasteiger partial charge < -0.3 is 4.90 Å². The SMILES string of the molecule is CCCN(CC(=O)N(C)C)Cc1ccc(C#N)cc1C. The van der Waals surface area contributed by atoms with E-state index in [0.717, 1.165) is 25.1 Å². The molecule has 0 aliphatic carbocycles. The highest BCUT2D eigenvalue weighted by Crippen LogP contribution is 2.13. The van der Waals surface area contributed by atoms with Gasteiger partial charge >= 0.3 is 0 Å². The van der Waals surface area contributed by atoms with E-state index < -0.39 is 0 Å². The first-order chi connectivity index (χ1) is 9.47. The molecule has 1 aromatic carbocycles. The molecule has 20 heavy (non-hydrogen) atoms. The summed E-state index contributed by atoms with van der Waals surface area (Å²) in [5.74, 6) is 0.116. The van der Waals surface area contributed by atoms with Gasteiger partial charge in [0.2, 0.25) is 5.91 Å². The minimum atomic E-state index is 0.116. The van der Waals surface area contributed by atoms with Crippen LogP contribution in [0.1, 0.15) is 30.0 Å². The quantitative estimate of drug-likeness (QED) is 0.798. The Kier molecular flexibility index (Phi) is 6.20. The lowest BCUT2D eigenvalue weighted by Gasteiger charge is -2.23. The summed E-state index contributed by atoms with van der Waals surface area (Å²) in [6, 6.07) is 7.86. The lowest BCUT2D eigenvalue weighted by Crippen LogP contribution is -2.36. The average molecular weight is 273 g/mol. The first-order valence-corrected chi connectivity index (χ1v) is 6.90. The molecular formula is C16H23N3O. The average Bonchev–Trinajstić information content (AvgIpc) is 2.41. The van der Waals surface area contributed by atoms with Crippen molar-refractivity contribution in [3.63, 3.8) is 0 Å². The van der Waals surface area contributed by atoms with Gasteiger partial charge in [-0.3, -0.25) is 9.69 Å². The lowest BCUT2D eigenvalue weighted by atomic mass is 10.0. The second-order valence-corrected chi connectivity index (χ2v) is 5.25. The van der Waals surface area contributed by atoms with E-state index in [1.807, 2.05) is 25.1 Å². The summed E-state index contributed by atoms with van der Waals surface area (Å²) in [7, 11) is 3.55. The highest BCUT2D eigenvalue weighted by molar-refractivity contribution is 5.77. The van der Waals surface area contributed by atoms with Crippen LogP contribution in [0.2, 0.25) is 0 Å². The normalized spacial score (nSPS) is 10.4. The number of aryl methyl sites for hydroxylation is 1. The molecule has 0 radical (unpaired) electrons. The Morgan fingerprint density at radius 1 is 1.35 bits per heavy atom. The van der Waals surface area contributed by atoms with E-state index in [2.05, 4.69) is 17.9 Å². The largest absolute Gasteiger partial charge is 0.348 e. The van der Waals surface area contributed by atoms with Gasteiger partial charge in [0, 0.05) is 20.6 Å². The molecule has 0 unspecified atom stereocenters. The first-order valence-electron chi connectivity index (χ1n) is 6.90. The van der Waals surface area contributed by atoms with Gasteiger partial charge in [-0.2, -0.15) is 5.26 Å². The molecule has 4 nitrogen and oxygen atoms in total. The molecular weight excluding hydrogens is 250 g/mol. The molecule has 0 aliphatic rings. The third kappa shape index (κ3) is 4.67. The van der Waals surface area contributed by atoms with E-state index >= 15 is 0 Å². The number of nitriles is 1. The monoisotopic (exact) mass is 273 g/mol. The van der Waals surface area contributed by atoms with Crippen LogP contribution in [0.3, 0.4) is 0 Å². The number of carbonyl (C=O) groups is 1. The molecule has 1 rings (SSSR count). The van der Waals surface area contributed by atoms with Crippen molar-refractivity contribution in [2.75, 3.05) is 27.2 Å². The van der Waals surface area contributed by atoms with Crippen molar-refractivity contribution in [1.82, 2.24) is 9.80 Å². The van der Waals surface area contributed by atoms with Crippen LogP contribution in [0.25, 0.3) is 0 Å². The van der Waals surface area contributed by atoms with Crippen molar-refractivity contribution in [3.05, 3.63) is 34.9 Å². The molecule has 0 bridgehead atoms. The Bertz CT molecular complexity index is 503. The maximum absolute atomic E-state index is 11.8. The smallest absolute Gasteiger partial charge is 0.236 e. The second kappa shape index (κ2) is 7.66. The Hall–Kier alpha value is -1.86. The fourth-order valence-corrected chi connectivity index (χ4v) is 2.05. The maximum Gasteiger partial charge on any atom is 0.236 e. The summed E-state index contributed by atoms with van der Waals surface area (Å²) >= 11 is 0. The summed E-state index contributed by atoms with van der Waals surface area (Å²) in [6.07, 6.45) is 1.01. The Labute approximate surface area is 121 Å². The predicted molar refractivity (Wildman–Crippen MR) is 80.2 cm³/mol. The van der Waals surface area contributed by atoms with Gasteiger partial charge in [-0.05, 0) is 43.1 Å². The first kappa shape index (κ1) is 16.2. The number of likely N-dealkylation sites (N-methyl/N-ethyl adjacent to an activating group) is 1. The van der Waals surface area contributed by atoms with Gasteiger partial charge in [0.25, 0.3) is 0 Å². The topological polar surface area (TPSA) is 47.3 Å². The highest BCUT2D eigenvalue weighted by atomic mass is 16.2. The Balaban J connectivity index is 2.80. The summed E-state index contributed by atoms with van der Waals surface area (Å²) in [6.45, 7) is 6.18. The van der Waals surface area contributed by atoms with Crippen LogP contribution in [0.5, 0.6) is 0 Å². The van der Waals surface area contributed by atoms with E-state index in [-0.39, 0.29) is 5.91 Å². The van der Waals surface area contributed by atoms with Crippen LogP contribution in [0.4, 0.5) is 0 Å². The van der Waals surface area contributed by atoms with E-state index in [9.17, 15) is 4.79 Å². The fourth-order valence-electron chi connectivity index (χ4n) is 2.05. The van der Waals surface area contributed by atoms with Crippen LogP contribution in [-0.2, 0) is 11.3 Å². The van der Waals surface area contributed by atoms with Crippen LogP contribution in [0.15, 0.2) is 18.2 Å². The standard InChI is InChI=1S/C16H23N3O/c1-5-8-19(12-16(20)18(3)4)11-15-7-6-14(10-17)9-13(15)2/h6-7,9H,5,8,11-12H2,1-4H3. The van der Waals surface area contributed by atoms with Crippen molar-refractivity contribution in [3.8, 4) is 6.07 Å². The zero-order valence-electron chi connectivity index (χ0n) is 12.8. The number of hydrogen-bond acceptors (Lipinski definition) is 3. The molecule has 0 N–H and O–H groups in total. The van der Waals surface area contributed by atoms with Gasteiger partial charge in [-0.1, -0.05) is 13.0 Å². The number of carbonyl (C=O) groups excluding carboxylic acids is 1. The van der Waals surface area contributed by atoms with E-state index in [4.69, 9.17) is 5.26 Å². The number of nitrogens with zero attached hydrogens (tertiary/aromatic N) is 3. The van der Waals surface area contributed by atoms with Gasteiger partial charge in [-0.25, -0.2) is 0 Å². The van der Waals surface area contributed by atoms with Crippen molar-refractivity contribution in [2.24, 2.45) is 0 Å². The third-order valence-corrected chi connectivity index (χ3v) is 3.26. The highest BCUT2D eigenvalue weighted by Gasteiger charge is 2.13. The zero-order valence-corrected chi connectivity index (χ0v) is 12.8. The Morgan fingerprint density at radius 3 is 2.55 bits per heavy atom. The molecule has 108 valence electrons. The minimum Gasteiger partial charge on any atom is -0.348 e. The van der Waals surface area contributed by atoms with E-state index in [0.29, 0.717) is 12.1 Å². The van der Waals surface area contributed by atoms with Crippen molar-refractivity contribution in [2.45, 2.75) is 26.8 Å². The zero-order chi connectivity index (χ0) is 15.1. The number of hydrogen-bond donors (Lipinski definition) is 0. The molecule has 0 aromatic heterocycles. The third-order valence-electron chi connectivity index (χ3n) is 3.26. The lowest BCUT2D eigenvalue weighted by molar-refractivity contribution is -0.130. The van der Waals surface area contributed by atoms with Gasteiger partial charge in [0.1, 0.15) is 0 Å². The van der Waals surface area contributed by atoms with Gasteiger partial charge in [0.15, 0.2) is 0 Å². The molecule has 0 aliphatic heterocycles.